The highest BCUT2D eigenvalue weighted by atomic mass is 32.2. The van der Waals surface area contributed by atoms with Crippen LogP contribution in [0.4, 0.5) is 0 Å². The molecule has 1 saturated heterocycles. The maximum atomic E-state index is 12.8. The van der Waals surface area contributed by atoms with E-state index in [1.165, 1.54) is 28.6 Å². The lowest BCUT2D eigenvalue weighted by Crippen LogP contribution is -2.40. The molecule has 2 rings (SSSR count). The molecule has 0 aliphatic carbocycles. The van der Waals surface area contributed by atoms with Crippen LogP contribution in [0, 0.1) is 0 Å². The largest absolute Gasteiger partial charge is 0.462 e. The molecule has 24 heavy (non-hydrogen) atoms. The highest BCUT2D eigenvalue weighted by molar-refractivity contribution is 7.92. The second kappa shape index (κ2) is 7.20. The van der Waals surface area contributed by atoms with E-state index in [9.17, 15) is 21.6 Å². The van der Waals surface area contributed by atoms with Crippen molar-refractivity contribution < 1.29 is 26.4 Å². The summed E-state index contributed by atoms with van der Waals surface area (Å²) < 4.78 is 54.9. The molecule has 0 spiro atoms. The van der Waals surface area contributed by atoms with Crippen LogP contribution in [0.5, 0.6) is 0 Å². The molecule has 134 valence electrons. The molecule has 1 fully saturated rings. The fourth-order valence-corrected chi connectivity index (χ4v) is 6.23. The third kappa shape index (κ3) is 3.96. The Labute approximate surface area is 142 Å². The predicted octanol–water partition coefficient (Wildman–Crippen LogP) is 1.06. The van der Waals surface area contributed by atoms with E-state index < -0.39 is 31.9 Å². The topological polar surface area (TPSA) is 97.8 Å². The Morgan fingerprint density at radius 2 is 1.88 bits per heavy atom. The van der Waals surface area contributed by atoms with Crippen LogP contribution < -0.4 is 0 Å². The summed E-state index contributed by atoms with van der Waals surface area (Å²) in [6.45, 7) is 3.78. The van der Waals surface area contributed by atoms with Crippen LogP contribution >= 0.6 is 0 Å². The average Bonchev–Trinajstić information content (AvgIpc) is 2.88. The van der Waals surface area contributed by atoms with Crippen molar-refractivity contribution in [3.05, 3.63) is 29.8 Å². The van der Waals surface area contributed by atoms with Crippen molar-refractivity contribution in [2.75, 3.05) is 24.7 Å². The van der Waals surface area contributed by atoms with Gasteiger partial charge in [-0.1, -0.05) is 6.92 Å². The molecule has 0 unspecified atom stereocenters. The monoisotopic (exact) mass is 375 g/mol. The van der Waals surface area contributed by atoms with Crippen LogP contribution in [0.3, 0.4) is 0 Å². The third-order valence-corrected chi connectivity index (χ3v) is 7.69. The quantitative estimate of drug-likeness (QED) is 0.690. The summed E-state index contributed by atoms with van der Waals surface area (Å²) in [5, 5.41) is 0. The molecule has 1 aromatic rings. The third-order valence-electron chi connectivity index (χ3n) is 3.90. The van der Waals surface area contributed by atoms with Crippen LogP contribution in [0.15, 0.2) is 29.2 Å². The number of rotatable bonds is 6. The van der Waals surface area contributed by atoms with Gasteiger partial charge in [0.25, 0.3) is 0 Å². The highest BCUT2D eigenvalue weighted by Crippen LogP contribution is 2.25. The zero-order valence-electron chi connectivity index (χ0n) is 13.6. The van der Waals surface area contributed by atoms with Crippen molar-refractivity contribution in [1.29, 1.82) is 0 Å². The van der Waals surface area contributed by atoms with Gasteiger partial charge in [0.15, 0.2) is 9.84 Å². The van der Waals surface area contributed by atoms with Gasteiger partial charge in [0.1, 0.15) is 0 Å². The molecule has 9 heteroatoms. The van der Waals surface area contributed by atoms with Crippen LogP contribution in [0.25, 0.3) is 0 Å². The van der Waals surface area contributed by atoms with Crippen LogP contribution in [0.2, 0.25) is 0 Å². The lowest BCUT2D eigenvalue weighted by molar-refractivity contribution is 0.0526. The summed E-state index contributed by atoms with van der Waals surface area (Å²) in [6, 6.07) is 4.92. The van der Waals surface area contributed by atoms with Crippen LogP contribution in [0.1, 0.15) is 30.6 Å². The van der Waals surface area contributed by atoms with Crippen molar-refractivity contribution in [3.63, 3.8) is 0 Å². The first-order valence-corrected chi connectivity index (χ1v) is 11.0. The minimum atomic E-state index is -3.82. The predicted molar refractivity (Wildman–Crippen MR) is 89.0 cm³/mol. The summed E-state index contributed by atoms with van der Waals surface area (Å²) in [4.78, 5) is 11.7. The first kappa shape index (κ1) is 18.9. The number of esters is 1. The Bertz CT molecular complexity index is 799. The van der Waals surface area contributed by atoms with Crippen molar-refractivity contribution in [2.45, 2.75) is 31.2 Å². The van der Waals surface area contributed by atoms with Crippen molar-refractivity contribution in [3.8, 4) is 0 Å². The standard InChI is InChI=1S/C15H21NO6S2/c1-3-16(13-9-10-23(18,19)11-13)24(20,21)14-7-5-12(6-8-14)15(17)22-4-2/h5-8,13H,3-4,9-11H2,1-2H3/t13-/m1/s1. The fourth-order valence-electron chi connectivity index (χ4n) is 2.74. The molecular formula is C15H21NO6S2. The molecule has 1 atom stereocenters. The Hall–Kier alpha value is -1.45. The van der Waals surface area contributed by atoms with Gasteiger partial charge in [-0.25, -0.2) is 21.6 Å². The number of benzene rings is 1. The zero-order valence-corrected chi connectivity index (χ0v) is 15.3. The van der Waals surface area contributed by atoms with E-state index in [1.807, 2.05) is 0 Å². The summed E-state index contributed by atoms with van der Waals surface area (Å²) in [5.74, 6) is -0.664. The molecule has 0 saturated carbocycles. The second-order valence-electron chi connectivity index (χ2n) is 5.51. The molecule has 0 amide bonds. The van der Waals surface area contributed by atoms with E-state index in [2.05, 4.69) is 0 Å². The van der Waals surface area contributed by atoms with Gasteiger partial charge in [0.2, 0.25) is 10.0 Å². The number of hydrogen-bond acceptors (Lipinski definition) is 6. The van der Waals surface area contributed by atoms with Gasteiger partial charge in [0, 0.05) is 12.6 Å². The smallest absolute Gasteiger partial charge is 0.338 e. The lowest BCUT2D eigenvalue weighted by atomic mass is 10.2. The zero-order chi connectivity index (χ0) is 18.0. The minimum absolute atomic E-state index is 0.00544. The number of nitrogens with zero attached hydrogens (tertiary/aromatic N) is 1. The number of sulfone groups is 1. The van der Waals surface area contributed by atoms with E-state index in [0.29, 0.717) is 6.42 Å². The first-order chi connectivity index (χ1) is 11.2. The lowest BCUT2D eigenvalue weighted by Gasteiger charge is -2.26. The Morgan fingerprint density at radius 1 is 1.25 bits per heavy atom. The maximum absolute atomic E-state index is 12.8. The van der Waals surface area contributed by atoms with Gasteiger partial charge in [-0.3, -0.25) is 0 Å². The number of hydrogen-bond donors (Lipinski definition) is 0. The van der Waals surface area contributed by atoms with Gasteiger partial charge < -0.3 is 4.74 Å². The minimum Gasteiger partial charge on any atom is -0.462 e. The second-order valence-corrected chi connectivity index (χ2v) is 9.63. The highest BCUT2D eigenvalue weighted by Gasteiger charge is 2.37. The van der Waals surface area contributed by atoms with Gasteiger partial charge in [-0.05, 0) is 37.6 Å². The van der Waals surface area contributed by atoms with Crippen LogP contribution in [-0.2, 0) is 24.6 Å². The molecule has 0 radical (unpaired) electrons. The van der Waals surface area contributed by atoms with Gasteiger partial charge in [-0.2, -0.15) is 4.31 Å². The Kier molecular flexibility index (Phi) is 5.67. The molecule has 7 nitrogen and oxygen atoms in total. The molecule has 1 aliphatic rings. The Balaban J connectivity index is 2.26. The molecule has 1 aromatic carbocycles. The summed E-state index contributed by atoms with van der Waals surface area (Å²) >= 11 is 0. The molecule has 1 aliphatic heterocycles. The Morgan fingerprint density at radius 3 is 2.33 bits per heavy atom. The number of ether oxygens (including phenoxy) is 1. The van der Waals surface area contributed by atoms with E-state index in [4.69, 9.17) is 4.74 Å². The van der Waals surface area contributed by atoms with E-state index in [1.54, 1.807) is 13.8 Å². The molecular weight excluding hydrogens is 354 g/mol. The van der Waals surface area contributed by atoms with Gasteiger partial charge in [-0.15, -0.1) is 0 Å². The number of carbonyl (C=O) groups excluding carboxylic acids is 1. The summed E-state index contributed by atoms with van der Waals surface area (Å²) in [6.07, 6.45) is 0.302. The molecule has 1 heterocycles. The van der Waals surface area contributed by atoms with E-state index in [-0.39, 0.29) is 35.1 Å². The fraction of sp³-hybridized carbons (Fsp3) is 0.533. The molecule has 0 bridgehead atoms. The van der Waals surface area contributed by atoms with Crippen molar-refractivity contribution in [1.82, 2.24) is 4.31 Å². The molecule has 0 aromatic heterocycles. The van der Waals surface area contributed by atoms with E-state index in [0.717, 1.165) is 0 Å². The van der Waals surface area contributed by atoms with Gasteiger partial charge >= 0.3 is 5.97 Å². The van der Waals surface area contributed by atoms with Crippen LogP contribution in [-0.4, -0.2) is 57.8 Å². The summed E-state index contributed by atoms with van der Waals surface area (Å²) in [5.41, 5.74) is 0.266. The maximum Gasteiger partial charge on any atom is 0.338 e. The van der Waals surface area contributed by atoms with Crippen molar-refractivity contribution in [2.24, 2.45) is 0 Å². The summed E-state index contributed by atoms with van der Waals surface area (Å²) in [7, 11) is -7.01. The van der Waals surface area contributed by atoms with Crippen molar-refractivity contribution >= 4 is 25.8 Å². The number of sulfonamides is 1. The average molecular weight is 375 g/mol. The van der Waals surface area contributed by atoms with E-state index >= 15 is 0 Å². The normalized spacial score (nSPS) is 20.2. The van der Waals surface area contributed by atoms with Gasteiger partial charge in [0.05, 0.1) is 28.6 Å². The number of carbonyl (C=O) groups is 1. The molecule has 0 N–H and O–H groups in total. The SMILES string of the molecule is CCOC(=O)c1ccc(S(=O)(=O)N(CC)[C@@H]2CCS(=O)(=O)C2)cc1. The first-order valence-electron chi connectivity index (χ1n) is 7.70.